The molecule has 5 heterocycles. The number of anilines is 1. The second-order valence-corrected chi connectivity index (χ2v) is 21.9. The number of aliphatic hydroxyl groups excluding tert-OH is 1. The van der Waals surface area contributed by atoms with Crippen molar-refractivity contribution >= 4 is 34.6 Å². The number of hydrogen-bond donors (Lipinski definition) is 4. The fourth-order valence-electron chi connectivity index (χ4n) is 13.3. The number of urea groups is 1. The Bertz CT molecular complexity index is 2840. The van der Waals surface area contributed by atoms with Gasteiger partial charge in [0.25, 0.3) is 0 Å². The van der Waals surface area contributed by atoms with Crippen molar-refractivity contribution in [2.45, 2.75) is 108 Å². The van der Waals surface area contributed by atoms with E-state index in [-0.39, 0.29) is 63.6 Å². The van der Waals surface area contributed by atoms with Crippen molar-refractivity contribution in [3.63, 3.8) is 0 Å². The molecule has 10 rings (SSSR count). The fourth-order valence-corrected chi connectivity index (χ4v) is 13.3. The number of rotatable bonds is 14. The molecule has 396 valence electrons. The molecule has 4 amide bonds. The van der Waals surface area contributed by atoms with Crippen LogP contribution in [0.2, 0.25) is 0 Å². The number of carbonyl (C=O) groups is 3. The van der Waals surface area contributed by atoms with Crippen molar-refractivity contribution in [3.05, 3.63) is 94.6 Å². The number of aromatic nitrogens is 2. The van der Waals surface area contributed by atoms with Crippen molar-refractivity contribution in [1.82, 2.24) is 30.2 Å². The Kier molecular flexibility index (Phi) is 14.9. The molecular weight excluding hydrogens is 950 g/mol. The van der Waals surface area contributed by atoms with Gasteiger partial charge in [-0.2, -0.15) is 5.10 Å². The van der Waals surface area contributed by atoms with E-state index in [1.54, 1.807) is 11.8 Å². The summed E-state index contributed by atoms with van der Waals surface area (Å²) in [7, 11) is 1.91. The van der Waals surface area contributed by atoms with Crippen LogP contribution < -0.4 is 30.7 Å². The van der Waals surface area contributed by atoms with Crippen LogP contribution in [0.3, 0.4) is 0 Å². The van der Waals surface area contributed by atoms with Crippen LogP contribution in [-0.4, -0.2) is 119 Å². The lowest BCUT2D eigenvalue weighted by Gasteiger charge is -2.42. The zero-order valence-electron chi connectivity index (χ0n) is 43.1. The molecule has 3 saturated heterocycles. The van der Waals surface area contributed by atoms with Crippen molar-refractivity contribution in [3.8, 4) is 22.6 Å². The number of alkyl halides is 1. The maximum atomic E-state index is 16.5. The Balaban J connectivity index is 0.734. The molecule has 0 spiro atoms. The topological polar surface area (TPSA) is 168 Å². The van der Waals surface area contributed by atoms with Gasteiger partial charge < -0.3 is 40.7 Å². The lowest BCUT2D eigenvalue weighted by atomic mass is 9.71. The average molecular weight is 1020 g/mol. The molecule has 14 nitrogen and oxygen atoms in total. The molecule has 6 unspecified atom stereocenters. The molecule has 0 bridgehead atoms. The number of nitrogens with one attached hydrogen (secondary N) is 2. The number of ether oxygens (including phenoxy) is 2. The average Bonchev–Trinajstić information content (AvgIpc) is 3.87. The Morgan fingerprint density at radius 2 is 1.77 bits per heavy atom. The molecule has 4 aromatic rings. The van der Waals surface area contributed by atoms with Gasteiger partial charge in [-0.25, -0.2) is 18.0 Å². The standard InChI is InChI=1S/C57H71F3N8O6/c1-33-30-66(23-20-41(33)38-12-15-42-45(28-38)65(4)64-54(42)68-26-21-48(69)63-56(68)72)31-36-18-24-67(25-19-36)55(71)37-10-13-40(14-11-37)62-32-57(39-8-6-5-7-9-39)35(3)50-47(74-57)29-44(59)34(2)49(50)51-43(53(61)70)16-17-46(52(51)60)73-27-22-58/h5-8,12,15-17,28-29,33,35-37,39-41,48,62,69H,9-11,13-14,18-27,30-32H2,1-4H3,(H2,61,70)(H,63,72). The highest BCUT2D eigenvalue weighted by molar-refractivity contribution is 6.02. The van der Waals surface area contributed by atoms with Crippen LogP contribution in [0.4, 0.5) is 23.8 Å². The maximum Gasteiger partial charge on any atom is 0.325 e. The predicted molar refractivity (Wildman–Crippen MR) is 278 cm³/mol. The summed E-state index contributed by atoms with van der Waals surface area (Å²) >= 11 is 0. The third kappa shape index (κ3) is 9.79. The minimum atomic E-state index is -0.921. The van der Waals surface area contributed by atoms with Crippen molar-refractivity contribution < 1.29 is 42.1 Å². The number of halogens is 3. The highest BCUT2D eigenvalue weighted by atomic mass is 19.1. The van der Waals surface area contributed by atoms with Gasteiger partial charge >= 0.3 is 6.03 Å². The first-order chi connectivity index (χ1) is 35.6. The molecule has 1 aromatic heterocycles. The SMILES string of the molecule is Cc1c(F)cc2c(c1-c1c(C(N)=O)ccc(OCCF)c1F)C(C)C(CNC1CCC(C(=O)N3CCC(CN4CCC(c5ccc6c(N7CCC(O)NC7=O)nn(C)c6c5)C(C)C4)CC3)CC1)(C1C=CC=CC1)O2. The lowest BCUT2D eigenvalue weighted by molar-refractivity contribution is -0.138. The molecule has 17 heteroatoms. The summed E-state index contributed by atoms with van der Waals surface area (Å²) in [5, 5.41) is 21.9. The summed E-state index contributed by atoms with van der Waals surface area (Å²) < 4.78 is 59.9. The molecule has 6 aliphatic rings. The number of aliphatic hydroxyl groups is 1. The lowest BCUT2D eigenvalue weighted by Crippen LogP contribution is -2.54. The summed E-state index contributed by atoms with van der Waals surface area (Å²) in [6.45, 7) is 10.1. The van der Waals surface area contributed by atoms with Gasteiger partial charge in [0.2, 0.25) is 11.8 Å². The minimum absolute atomic E-state index is 0.0290. The first-order valence-corrected chi connectivity index (χ1v) is 26.8. The Labute approximate surface area is 431 Å². The Hall–Kier alpha value is -5.91. The Morgan fingerprint density at radius 1 is 0.986 bits per heavy atom. The number of fused-ring (bicyclic) bond motifs is 2. The second kappa shape index (κ2) is 21.4. The third-order valence-corrected chi connectivity index (χ3v) is 17.4. The first-order valence-electron chi connectivity index (χ1n) is 26.8. The quantitative estimate of drug-likeness (QED) is 0.0971. The number of piperidine rings is 2. The molecule has 4 aliphatic heterocycles. The largest absolute Gasteiger partial charge is 0.488 e. The summed E-state index contributed by atoms with van der Waals surface area (Å²) in [5.41, 5.74) is 7.72. The number of carbonyl (C=O) groups excluding carboxylic acids is 3. The van der Waals surface area contributed by atoms with Gasteiger partial charge in [0.05, 0.1) is 11.1 Å². The van der Waals surface area contributed by atoms with E-state index in [4.69, 9.17) is 20.3 Å². The molecule has 6 atom stereocenters. The maximum absolute atomic E-state index is 16.5. The molecule has 5 N–H and O–H groups in total. The first kappa shape index (κ1) is 51.6. The van der Waals surface area contributed by atoms with Crippen molar-refractivity contribution in [1.29, 1.82) is 0 Å². The monoisotopic (exact) mass is 1020 g/mol. The van der Waals surface area contributed by atoms with Gasteiger partial charge in [-0.05, 0) is 124 Å². The van der Waals surface area contributed by atoms with Gasteiger partial charge in [0, 0.05) is 99.1 Å². The highest BCUT2D eigenvalue weighted by Crippen LogP contribution is 2.55. The van der Waals surface area contributed by atoms with E-state index in [1.807, 2.05) is 30.8 Å². The van der Waals surface area contributed by atoms with Crippen LogP contribution in [0, 0.1) is 42.2 Å². The summed E-state index contributed by atoms with van der Waals surface area (Å²) in [6, 6.07) is 10.2. The van der Waals surface area contributed by atoms with E-state index in [2.05, 4.69) is 57.7 Å². The van der Waals surface area contributed by atoms with Crippen LogP contribution in [-0.2, 0) is 11.8 Å². The summed E-state index contributed by atoms with van der Waals surface area (Å²) in [6.07, 6.45) is 14.7. The van der Waals surface area contributed by atoms with E-state index < -0.39 is 48.6 Å². The second-order valence-electron chi connectivity index (χ2n) is 21.9. The van der Waals surface area contributed by atoms with Crippen molar-refractivity contribution in [2.75, 3.05) is 64.0 Å². The van der Waals surface area contributed by atoms with Gasteiger partial charge in [-0.1, -0.05) is 44.2 Å². The van der Waals surface area contributed by atoms with Crippen LogP contribution in [0.5, 0.6) is 11.5 Å². The number of hydrogen-bond acceptors (Lipinski definition) is 9. The van der Waals surface area contributed by atoms with Crippen LogP contribution in [0.25, 0.3) is 22.0 Å². The van der Waals surface area contributed by atoms with Crippen molar-refractivity contribution in [2.24, 2.45) is 36.5 Å². The summed E-state index contributed by atoms with van der Waals surface area (Å²) in [4.78, 5) is 45.9. The molecule has 2 aliphatic carbocycles. The molecular formula is C57H71F3N8O6. The molecule has 0 radical (unpaired) electrons. The number of benzene rings is 3. The van der Waals surface area contributed by atoms with E-state index in [0.717, 1.165) is 88.6 Å². The van der Waals surface area contributed by atoms with Gasteiger partial charge in [0.1, 0.15) is 36.7 Å². The smallest absolute Gasteiger partial charge is 0.325 e. The minimum Gasteiger partial charge on any atom is -0.488 e. The number of amides is 4. The van der Waals surface area contributed by atoms with E-state index in [9.17, 15) is 23.9 Å². The zero-order valence-corrected chi connectivity index (χ0v) is 43.1. The van der Waals surface area contributed by atoms with Crippen LogP contribution in [0.1, 0.15) is 111 Å². The normalized spacial score (nSPS) is 27.6. The molecule has 3 aromatic carbocycles. The Morgan fingerprint density at radius 3 is 2.47 bits per heavy atom. The van der Waals surface area contributed by atoms with Gasteiger partial charge in [0.15, 0.2) is 17.4 Å². The molecule has 4 fully saturated rings. The number of nitrogens with zero attached hydrogens (tertiary/aromatic N) is 5. The molecule has 74 heavy (non-hydrogen) atoms. The van der Waals surface area contributed by atoms with E-state index in [0.29, 0.717) is 55.1 Å². The number of likely N-dealkylation sites (tertiary alicyclic amines) is 2. The van der Waals surface area contributed by atoms with Gasteiger partial charge in [-0.3, -0.25) is 19.2 Å². The predicted octanol–water partition coefficient (Wildman–Crippen LogP) is 8.39. The fraction of sp³-hybridized carbons (Fsp3) is 0.544. The number of allylic oxidation sites excluding steroid dienone is 3. The highest BCUT2D eigenvalue weighted by Gasteiger charge is 2.53. The summed E-state index contributed by atoms with van der Waals surface area (Å²) in [5.74, 6) is -0.713. The van der Waals surface area contributed by atoms with Crippen LogP contribution >= 0.6 is 0 Å². The van der Waals surface area contributed by atoms with Gasteiger partial charge in [-0.15, -0.1) is 0 Å². The van der Waals surface area contributed by atoms with E-state index >= 15 is 8.78 Å². The zero-order chi connectivity index (χ0) is 52.0. The van der Waals surface area contributed by atoms with Crippen LogP contribution in [0.15, 0.2) is 60.7 Å². The number of aryl methyl sites for hydroxylation is 1. The van der Waals surface area contributed by atoms with E-state index in [1.165, 1.54) is 23.8 Å². The number of primary amides is 1. The third-order valence-electron chi connectivity index (χ3n) is 17.4. The molecule has 1 saturated carbocycles. The number of nitrogens with two attached hydrogens (primary N) is 1.